The van der Waals surface area contributed by atoms with E-state index in [4.69, 9.17) is 4.74 Å². The molecule has 0 radical (unpaired) electrons. The van der Waals surface area contributed by atoms with E-state index in [2.05, 4.69) is 15.5 Å². The van der Waals surface area contributed by atoms with E-state index in [-0.39, 0.29) is 17.1 Å². The van der Waals surface area contributed by atoms with Crippen molar-refractivity contribution in [3.8, 4) is 0 Å². The van der Waals surface area contributed by atoms with Crippen LogP contribution in [0.25, 0.3) is 0 Å². The monoisotopic (exact) mass is 356 g/mol. The Hall–Kier alpha value is -1.45. The first-order chi connectivity index (χ1) is 11.5. The Morgan fingerprint density at radius 2 is 2.25 bits per heavy atom. The van der Waals surface area contributed by atoms with Crippen LogP contribution in [-0.2, 0) is 14.8 Å². The Kier molecular flexibility index (Phi) is 5.21. The molecule has 134 valence electrons. The second-order valence-corrected chi connectivity index (χ2v) is 8.60. The van der Waals surface area contributed by atoms with Gasteiger partial charge in [-0.1, -0.05) is 0 Å². The lowest BCUT2D eigenvalue weighted by Gasteiger charge is -2.31. The first kappa shape index (κ1) is 17.4. The molecule has 1 aliphatic carbocycles. The summed E-state index contributed by atoms with van der Waals surface area (Å²) in [6.45, 7) is 1.85. The average Bonchev–Trinajstić information content (AvgIpc) is 3.33. The number of H-pyrrole nitrogens is 1. The van der Waals surface area contributed by atoms with Gasteiger partial charge in [-0.15, -0.1) is 0 Å². The Bertz CT molecular complexity index is 683. The minimum Gasteiger partial charge on any atom is -0.383 e. The average molecular weight is 356 g/mol. The summed E-state index contributed by atoms with van der Waals surface area (Å²) < 4.78 is 31.4. The van der Waals surface area contributed by atoms with Crippen LogP contribution in [0.15, 0.2) is 6.20 Å². The van der Waals surface area contributed by atoms with Crippen LogP contribution in [0.5, 0.6) is 0 Å². The SMILES string of the molecule is COCCNC(=O)c1cn[nH]c1[C@@H]1CCCN(S(=O)(=O)C2CC2)C1. The molecule has 2 fully saturated rings. The number of hydrogen-bond donors (Lipinski definition) is 2. The smallest absolute Gasteiger partial charge is 0.254 e. The number of sulfonamides is 1. The molecule has 8 nitrogen and oxygen atoms in total. The second kappa shape index (κ2) is 7.20. The maximum Gasteiger partial charge on any atom is 0.254 e. The summed E-state index contributed by atoms with van der Waals surface area (Å²) in [6, 6.07) is 0. The number of rotatable bonds is 7. The second-order valence-electron chi connectivity index (χ2n) is 6.39. The normalized spacial score (nSPS) is 22.5. The number of piperidine rings is 1. The van der Waals surface area contributed by atoms with Gasteiger partial charge in [-0.05, 0) is 25.7 Å². The van der Waals surface area contributed by atoms with Gasteiger partial charge in [0.05, 0.1) is 29.3 Å². The van der Waals surface area contributed by atoms with E-state index >= 15 is 0 Å². The van der Waals surface area contributed by atoms with Crippen molar-refractivity contribution in [3.63, 3.8) is 0 Å². The lowest BCUT2D eigenvalue weighted by molar-refractivity contribution is 0.0935. The van der Waals surface area contributed by atoms with Crippen molar-refractivity contribution in [3.05, 3.63) is 17.5 Å². The van der Waals surface area contributed by atoms with E-state index in [9.17, 15) is 13.2 Å². The summed E-state index contributed by atoms with van der Waals surface area (Å²) >= 11 is 0. The van der Waals surface area contributed by atoms with Crippen molar-refractivity contribution in [1.29, 1.82) is 0 Å². The Labute approximate surface area is 142 Å². The van der Waals surface area contributed by atoms with Crippen LogP contribution in [-0.4, -0.2) is 67.4 Å². The van der Waals surface area contributed by atoms with Crippen LogP contribution in [0, 0.1) is 0 Å². The summed E-state index contributed by atoms with van der Waals surface area (Å²) in [4.78, 5) is 12.3. The molecular formula is C15H24N4O4S. The van der Waals surface area contributed by atoms with Crippen molar-refractivity contribution in [2.45, 2.75) is 36.9 Å². The Balaban J connectivity index is 1.70. The number of hydrogen-bond acceptors (Lipinski definition) is 5. The molecule has 3 rings (SSSR count). The molecule has 2 aliphatic rings. The van der Waals surface area contributed by atoms with Crippen LogP contribution in [0.3, 0.4) is 0 Å². The van der Waals surface area contributed by atoms with Gasteiger partial charge in [0.25, 0.3) is 5.91 Å². The first-order valence-electron chi connectivity index (χ1n) is 8.33. The van der Waals surface area contributed by atoms with E-state index in [1.807, 2.05) is 0 Å². The zero-order chi connectivity index (χ0) is 17.2. The lowest BCUT2D eigenvalue weighted by atomic mass is 9.93. The number of ether oxygens (including phenoxy) is 1. The minimum atomic E-state index is -3.18. The number of aromatic nitrogens is 2. The van der Waals surface area contributed by atoms with Gasteiger partial charge in [0.2, 0.25) is 10.0 Å². The summed E-state index contributed by atoms with van der Waals surface area (Å²) in [5.74, 6) is -0.240. The molecule has 24 heavy (non-hydrogen) atoms. The zero-order valence-electron chi connectivity index (χ0n) is 13.8. The standard InChI is InChI=1S/C15H24N4O4S/c1-23-8-6-16-15(20)13-9-17-18-14(13)11-3-2-7-19(10-11)24(21,22)12-4-5-12/h9,11-12H,2-8,10H2,1H3,(H,16,20)(H,17,18)/t11-/m1/s1. The zero-order valence-corrected chi connectivity index (χ0v) is 14.6. The molecule has 1 saturated heterocycles. The fraction of sp³-hybridized carbons (Fsp3) is 0.733. The fourth-order valence-corrected chi connectivity index (χ4v) is 5.06. The molecule has 9 heteroatoms. The molecular weight excluding hydrogens is 332 g/mol. The first-order valence-corrected chi connectivity index (χ1v) is 9.83. The van der Waals surface area contributed by atoms with E-state index in [0.717, 1.165) is 31.4 Å². The molecule has 0 bridgehead atoms. The summed E-state index contributed by atoms with van der Waals surface area (Å²) in [5.41, 5.74) is 1.21. The highest BCUT2D eigenvalue weighted by Crippen LogP contribution is 2.35. The molecule has 0 spiro atoms. The van der Waals surface area contributed by atoms with Crippen molar-refractivity contribution in [2.75, 3.05) is 33.4 Å². The van der Waals surface area contributed by atoms with Gasteiger partial charge in [-0.25, -0.2) is 12.7 Å². The van der Waals surface area contributed by atoms with Crippen LogP contribution in [0.1, 0.15) is 47.7 Å². The lowest BCUT2D eigenvalue weighted by Crippen LogP contribution is -2.41. The third-order valence-corrected chi connectivity index (χ3v) is 6.97. The maximum absolute atomic E-state index is 12.5. The highest BCUT2D eigenvalue weighted by molar-refractivity contribution is 7.90. The third-order valence-electron chi connectivity index (χ3n) is 4.60. The van der Waals surface area contributed by atoms with E-state index in [1.54, 1.807) is 11.4 Å². The number of carbonyl (C=O) groups excluding carboxylic acids is 1. The molecule has 1 aliphatic heterocycles. The van der Waals surface area contributed by atoms with Crippen LogP contribution in [0.4, 0.5) is 0 Å². The maximum atomic E-state index is 12.5. The van der Waals surface area contributed by atoms with E-state index < -0.39 is 10.0 Å². The van der Waals surface area contributed by atoms with E-state index in [0.29, 0.717) is 31.8 Å². The Morgan fingerprint density at radius 1 is 1.46 bits per heavy atom. The van der Waals surface area contributed by atoms with Gasteiger partial charge in [-0.3, -0.25) is 9.89 Å². The molecule has 1 atom stereocenters. The molecule has 1 saturated carbocycles. The van der Waals surface area contributed by atoms with E-state index in [1.165, 1.54) is 6.20 Å². The summed E-state index contributed by atoms with van der Waals surface area (Å²) in [7, 11) is -1.61. The predicted molar refractivity (Wildman–Crippen MR) is 88.3 cm³/mol. The largest absolute Gasteiger partial charge is 0.383 e. The van der Waals surface area contributed by atoms with Crippen LogP contribution in [0.2, 0.25) is 0 Å². The van der Waals surface area contributed by atoms with Crippen molar-refractivity contribution in [2.24, 2.45) is 0 Å². The number of aromatic amines is 1. The topological polar surface area (TPSA) is 104 Å². The number of nitrogens with zero attached hydrogens (tertiary/aromatic N) is 2. The molecule has 0 aromatic carbocycles. The molecule has 1 aromatic heterocycles. The van der Waals surface area contributed by atoms with Crippen molar-refractivity contribution >= 4 is 15.9 Å². The highest BCUT2D eigenvalue weighted by Gasteiger charge is 2.42. The fourth-order valence-electron chi connectivity index (χ4n) is 3.14. The van der Waals surface area contributed by atoms with Crippen molar-refractivity contribution in [1.82, 2.24) is 19.8 Å². The summed E-state index contributed by atoms with van der Waals surface area (Å²) in [6.07, 6.45) is 4.67. The highest BCUT2D eigenvalue weighted by atomic mass is 32.2. The number of carbonyl (C=O) groups is 1. The minimum absolute atomic E-state index is 0.0297. The number of methoxy groups -OCH3 is 1. The van der Waals surface area contributed by atoms with Crippen LogP contribution >= 0.6 is 0 Å². The van der Waals surface area contributed by atoms with Gasteiger partial charge in [0.1, 0.15) is 0 Å². The number of amides is 1. The third kappa shape index (κ3) is 3.62. The van der Waals surface area contributed by atoms with Crippen LogP contribution < -0.4 is 5.32 Å². The quantitative estimate of drug-likeness (QED) is 0.691. The molecule has 2 N–H and O–H groups in total. The molecule has 0 unspecified atom stereocenters. The van der Waals surface area contributed by atoms with Gasteiger partial charge >= 0.3 is 0 Å². The molecule has 2 heterocycles. The number of nitrogens with one attached hydrogen (secondary N) is 2. The summed E-state index contributed by atoms with van der Waals surface area (Å²) in [5, 5.41) is 9.48. The van der Waals surface area contributed by atoms with Gasteiger partial charge in [0.15, 0.2) is 0 Å². The molecule has 1 aromatic rings. The van der Waals surface area contributed by atoms with Crippen molar-refractivity contribution < 1.29 is 17.9 Å². The molecule has 1 amide bonds. The van der Waals surface area contributed by atoms with Gasteiger partial charge < -0.3 is 10.1 Å². The van der Waals surface area contributed by atoms with Gasteiger partial charge in [-0.2, -0.15) is 5.10 Å². The predicted octanol–water partition coefficient (Wildman–Crippen LogP) is 0.458. The Morgan fingerprint density at radius 3 is 2.96 bits per heavy atom. The van der Waals surface area contributed by atoms with Gasteiger partial charge in [0, 0.05) is 32.7 Å².